The first-order valence-electron chi connectivity index (χ1n) is 6.05. The molecule has 0 atom stereocenters. The van der Waals surface area contributed by atoms with Crippen LogP contribution in [0.4, 0.5) is 0 Å². The molecular formula is C14H12N4OS. The Morgan fingerprint density at radius 1 is 1.20 bits per heavy atom. The summed E-state index contributed by atoms with van der Waals surface area (Å²) in [6.07, 6.45) is 1.65. The van der Waals surface area contributed by atoms with Crippen molar-refractivity contribution in [3.05, 3.63) is 63.9 Å². The number of hydrogen-bond acceptors (Lipinski definition) is 4. The summed E-state index contributed by atoms with van der Waals surface area (Å²) in [5.41, 5.74) is 0.668. The van der Waals surface area contributed by atoms with E-state index in [2.05, 4.69) is 10.2 Å². The van der Waals surface area contributed by atoms with Gasteiger partial charge in [-0.15, -0.1) is 16.4 Å². The predicted octanol–water partition coefficient (Wildman–Crippen LogP) is 2.19. The predicted molar refractivity (Wildman–Crippen MR) is 80.2 cm³/mol. The maximum absolute atomic E-state index is 12.1. The molecule has 0 aliphatic rings. The van der Waals surface area contributed by atoms with Gasteiger partial charge in [-0.3, -0.25) is 0 Å². The second kappa shape index (κ2) is 5.26. The first-order valence-corrected chi connectivity index (χ1v) is 6.93. The van der Waals surface area contributed by atoms with E-state index in [4.69, 9.17) is 0 Å². The van der Waals surface area contributed by atoms with Crippen LogP contribution in [-0.2, 0) is 7.05 Å². The van der Waals surface area contributed by atoms with E-state index < -0.39 is 0 Å². The van der Waals surface area contributed by atoms with Crippen molar-refractivity contribution in [1.82, 2.24) is 14.5 Å². The number of rotatable bonds is 3. The Bertz CT molecular complexity index is 784. The zero-order valence-corrected chi connectivity index (χ0v) is 11.6. The summed E-state index contributed by atoms with van der Waals surface area (Å²) < 4.78 is 2.61. The number of hydrogen-bond donors (Lipinski definition) is 0. The Kier molecular flexibility index (Phi) is 3.30. The Balaban J connectivity index is 2.05. The summed E-state index contributed by atoms with van der Waals surface area (Å²) in [7, 11) is 1.62. The van der Waals surface area contributed by atoms with Crippen molar-refractivity contribution in [2.24, 2.45) is 12.1 Å². The van der Waals surface area contributed by atoms with E-state index in [1.54, 1.807) is 13.3 Å². The summed E-state index contributed by atoms with van der Waals surface area (Å²) in [6.45, 7) is 0. The number of thiophene rings is 1. The average molecular weight is 284 g/mol. The smallest absolute Gasteiger partial charge is 0.244 e. The van der Waals surface area contributed by atoms with Crippen LogP contribution < -0.4 is 5.69 Å². The van der Waals surface area contributed by atoms with Crippen LogP contribution in [0.5, 0.6) is 0 Å². The average Bonchev–Trinajstić information content (AvgIpc) is 3.08. The molecule has 2 aromatic heterocycles. The standard InChI is InChI=1S/C14H12N4OS/c1-17-14(19)18(13(16-17)12-8-5-9-20-12)15-10-11-6-3-2-4-7-11/h2-10H,1H3. The van der Waals surface area contributed by atoms with Crippen LogP contribution in [0, 0.1) is 0 Å². The molecule has 100 valence electrons. The van der Waals surface area contributed by atoms with Gasteiger partial charge in [-0.1, -0.05) is 36.4 Å². The molecule has 6 heteroatoms. The van der Waals surface area contributed by atoms with Gasteiger partial charge in [-0.05, 0) is 17.0 Å². The van der Waals surface area contributed by atoms with E-state index in [-0.39, 0.29) is 5.69 Å². The van der Waals surface area contributed by atoms with Crippen molar-refractivity contribution in [2.45, 2.75) is 0 Å². The lowest BCUT2D eigenvalue weighted by molar-refractivity contribution is 0.709. The number of aromatic nitrogens is 3. The Hall–Kier alpha value is -2.47. The highest BCUT2D eigenvalue weighted by atomic mass is 32.1. The largest absolute Gasteiger partial charge is 0.366 e. The molecule has 0 bridgehead atoms. The minimum absolute atomic E-state index is 0.263. The van der Waals surface area contributed by atoms with Crippen LogP contribution in [0.3, 0.4) is 0 Å². The molecule has 1 aromatic carbocycles. The van der Waals surface area contributed by atoms with Crippen LogP contribution in [-0.4, -0.2) is 20.7 Å². The third-order valence-corrected chi connectivity index (χ3v) is 3.63. The molecule has 0 saturated heterocycles. The molecule has 0 amide bonds. The Morgan fingerprint density at radius 2 is 2.00 bits per heavy atom. The second-order valence-corrected chi connectivity index (χ2v) is 5.12. The molecule has 20 heavy (non-hydrogen) atoms. The van der Waals surface area contributed by atoms with Crippen LogP contribution in [0.25, 0.3) is 10.7 Å². The second-order valence-electron chi connectivity index (χ2n) is 4.17. The van der Waals surface area contributed by atoms with Gasteiger partial charge in [0.15, 0.2) is 5.82 Å². The Morgan fingerprint density at radius 3 is 2.70 bits per heavy atom. The molecule has 5 nitrogen and oxygen atoms in total. The maximum atomic E-state index is 12.1. The van der Waals surface area contributed by atoms with E-state index in [1.807, 2.05) is 47.8 Å². The van der Waals surface area contributed by atoms with Gasteiger partial charge < -0.3 is 0 Å². The van der Waals surface area contributed by atoms with Crippen molar-refractivity contribution in [2.75, 3.05) is 0 Å². The molecule has 2 heterocycles. The molecule has 0 fully saturated rings. The fourth-order valence-corrected chi connectivity index (χ4v) is 2.48. The molecular weight excluding hydrogens is 272 g/mol. The molecule has 0 saturated carbocycles. The summed E-state index contributed by atoms with van der Waals surface area (Å²) in [5, 5.41) is 10.4. The van der Waals surface area contributed by atoms with Crippen molar-refractivity contribution in [1.29, 1.82) is 0 Å². The van der Waals surface area contributed by atoms with Gasteiger partial charge in [-0.2, -0.15) is 9.78 Å². The molecule has 0 N–H and O–H groups in total. The van der Waals surface area contributed by atoms with Crippen LogP contribution in [0.1, 0.15) is 5.56 Å². The zero-order chi connectivity index (χ0) is 13.9. The molecule has 3 rings (SSSR count). The monoisotopic (exact) mass is 284 g/mol. The highest BCUT2D eigenvalue weighted by Gasteiger charge is 2.12. The topological polar surface area (TPSA) is 52.2 Å². The summed E-state index contributed by atoms with van der Waals surface area (Å²) in [4.78, 5) is 13.0. The first-order chi connectivity index (χ1) is 9.75. The van der Waals surface area contributed by atoms with Gasteiger partial charge in [-0.25, -0.2) is 9.48 Å². The Labute approximate surface area is 119 Å². The van der Waals surface area contributed by atoms with Crippen LogP contribution in [0.2, 0.25) is 0 Å². The highest BCUT2D eigenvalue weighted by Crippen LogP contribution is 2.21. The third-order valence-electron chi connectivity index (χ3n) is 2.77. The molecule has 0 radical (unpaired) electrons. The van der Waals surface area contributed by atoms with Crippen molar-refractivity contribution < 1.29 is 0 Å². The van der Waals surface area contributed by atoms with Gasteiger partial charge in [0.25, 0.3) is 0 Å². The van der Waals surface area contributed by atoms with Crippen molar-refractivity contribution in [3.8, 4) is 10.7 Å². The maximum Gasteiger partial charge on any atom is 0.366 e. The normalized spacial score (nSPS) is 11.2. The van der Waals surface area contributed by atoms with Crippen LogP contribution in [0.15, 0.2) is 57.7 Å². The lowest BCUT2D eigenvalue weighted by Gasteiger charge is -1.96. The lowest BCUT2D eigenvalue weighted by atomic mass is 10.2. The number of aryl methyl sites for hydroxylation is 1. The van der Waals surface area contributed by atoms with E-state index in [0.29, 0.717) is 5.82 Å². The third kappa shape index (κ3) is 2.33. The summed E-state index contributed by atoms with van der Waals surface area (Å²) in [5.74, 6) is 0.555. The highest BCUT2D eigenvalue weighted by molar-refractivity contribution is 7.13. The van der Waals surface area contributed by atoms with Gasteiger partial charge in [0.1, 0.15) is 0 Å². The quantitative estimate of drug-likeness (QED) is 0.692. The van der Waals surface area contributed by atoms with Gasteiger partial charge in [0, 0.05) is 7.05 Å². The van der Waals surface area contributed by atoms with Crippen LogP contribution >= 0.6 is 11.3 Å². The number of benzene rings is 1. The molecule has 0 unspecified atom stereocenters. The van der Waals surface area contributed by atoms with Gasteiger partial charge >= 0.3 is 5.69 Å². The number of nitrogens with zero attached hydrogens (tertiary/aromatic N) is 4. The lowest BCUT2D eigenvalue weighted by Crippen LogP contribution is -2.20. The van der Waals surface area contributed by atoms with E-state index >= 15 is 0 Å². The minimum Gasteiger partial charge on any atom is -0.244 e. The molecule has 0 spiro atoms. The fraction of sp³-hybridized carbons (Fsp3) is 0.0714. The fourth-order valence-electron chi connectivity index (χ4n) is 1.78. The van der Waals surface area contributed by atoms with E-state index in [1.165, 1.54) is 20.7 Å². The van der Waals surface area contributed by atoms with E-state index in [9.17, 15) is 4.79 Å². The summed E-state index contributed by atoms with van der Waals surface area (Å²) >= 11 is 1.52. The molecule has 3 aromatic rings. The molecule has 0 aliphatic carbocycles. The molecule has 0 aliphatic heterocycles. The van der Waals surface area contributed by atoms with Crippen molar-refractivity contribution in [3.63, 3.8) is 0 Å². The SMILES string of the molecule is Cn1nc(-c2cccs2)n(N=Cc2ccccc2)c1=O. The summed E-state index contributed by atoms with van der Waals surface area (Å²) in [6, 6.07) is 13.5. The first kappa shape index (κ1) is 12.6. The zero-order valence-electron chi connectivity index (χ0n) is 10.8. The minimum atomic E-state index is -0.263. The van der Waals surface area contributed by atoms with Gasteiger partial charge in [0.2, 0.25) is 0 Å². The van der Waals surface area contributed by atoms with Gasteiger partial charge in [0.05, 0.1) is 11.1 Å². The van der Waals surface area contributed by atoms with Crippen molar-refractivity contribution >= 4 is 17.6 Å². The van der Waals surface area contributed by atoms with E-state index in [0.717, 1.165) is 10.4 Å².